The maximum Gasteiger partial charge on any atom is 0.255 e. The molecule has 2 aromatic heterocycles. The van der Waals surface area contributed by atoms with Crippen LogP contribution in [0.15, 0.2) is 90.0 Å². The van der Waals surface area contributed by atoms with Crippen LogP contribution in [-0.4, -0.2) is 65.5 Å². The van der Waals surface area contributed by atoms with Crippen molar-refractivity contribution in [3.63, 3.8) is 0 Å². The van der Waals surface area contributed by atoms with Crippen LogP contribution in [0.25, 0.3) is 0 Å². The summed E-state index contributed by atoms with van der Waals surface area (Å²) in [5.41, 5.74) is 4.56. The van der Waals surface area contributed by atoms with E-state index in [0.717, 1.165) is 36.6 Å². The number of carbonyl (C=O) groups is 2. The van der Waals surface area contributed by atoms with Gasteiger partial charge in [0.15, 0.2) is 0 Å². The molecule has 1 N–H and O–H groups in total. The highest BCUT2D eigenvalue weighted by molar-refractivity contribution is 6.33. The fourth-order valence-electron chi connectivity index (χ4n) is 6.88. The van der Waals surface area contributed by atoms with E-state index in [1.165, 1.54) is 0 Å². The number of aromatic nitrogens is 2. The maximum atomic E-state index is 13.7. The van der Waals surface area contributed by atoms with Crippen molar-refractivity contribution >= 4 is 40.5 Å². The Morgan fingerprint density at radius 1 is 0.795 bits per heavy atom. The standard InChI is InChI=1S/C34H33ClN6O3/c35-27-4-1-2-5-30(27)38-14-16-39(17-15-38)34(44)25-8-9-31(28(19-25)37-33(43)24-10-12-36-13-11-24)40-20-23-18-26(22-40)29-6-3-7-32(42)41(29)21-23/h1-13,19,23,26H,14-18,20-22H2,(H,37,43). The average Bonchev–Trinajstić information content (AvgIpc) is 3.05. The molecular formula is C34H33ClN6O3. The number of anilines is 3. The van der Waals surface area contributed by atoms with Crippen molar-refractivity contribution < 1.29 is 9.59 Å². The van der Waals surface area contributed by atoms with Gasteiger partial charge in [-0.05, 0) is 60.9 Å². The summed E-state index contributed by atoms with van der Waals surface area (Å²) in [5, 5.41) is 3.80. The first kappa shape index (κ1) is 28.2. The lowest BCUT2D eigenvalue weighted by molar-refractivity contribution is 0.0746. The van der Waals surface area contributed by atoms with Crippen LogP contribution in [-0.2, 0) is 6.54 Å². The van der Waals surface area contributed by atoms with E-state index >= 15 is 0 Å². The molecule has 2 saturated heterocycles. The Kier molecular flexibility index (Phi) is 7.56. The lowest BCUT2D eigenvalue weighted by atomic mass is 9.83. The van der Waals surface area contributed by atoms with Crippen molar-refractivity contribution in [3.05, 3.63) is 117 Å². The Labute approximate surface area is 260 Å². The molecule has 0 aliphatic carbocycles. The van der Waals surface area contributed by atoms with E-state index in [2.05, 4.69) is 20.1 Å². The first-order valence-electron chi connectivity index (χ1n) is 15.0. The molecule has 2 amide bonds. The van der Waals surface area contributed by atoms with Crippen LogP contribution in [0, 0.1) is 5.92 Å². The molecule has 2 bridgehead atoms. The number of nitrogens with one attached hydrogen (secondary N) is 1. The van der Waals surface area contributed by atoms with Gasteiger partial charge in [-0.25, -0.2) is 0 Å². The molecule has 0 spiro atoms. The van der Waals surface area contributed by atoms with E-state index in [-0.39, 0.29) is 23.3 Å². The minimum absolute atomic E-state index is 0.0477. The number of rotatable bonds is 5. The van der Waals surface area contributed by atoms with Crippen LogP contribution < -0.4 is 20.7 Å². The average molecular weight is 609 g/mol. The zero-order valence-corrected chi connectivity index (χ0v) is 25.0. The summed E-state index contributed by atoms with van der Waals surface area (Å²) in [6, 6.07) is 22.2. The number of pyridine rings is 2. The van der Waals surface area contributed by atoms with Gasteiger partial charge in [-0.3, -0.25) is 19.4 Å². The third kappa shape index (κ3) is 5.43. The summed E-state index contributed by atoms with van der Waals surface area (Å²) in [4.78, 5) is 50.0. The summed E-state index contributed by atoms with van der Waals surface area (Å²) >= 11 is 6.42. The molecule has 0 saturated carbocycles. The minimum Gasteiger partial charge on any atom is -0.369 e. The van der Waals surface area contributed by atoms with Gasteiger partial charge in [-0.15, -0.1) is 0 Å². The van der Waals surface area contributed by atoms with E-state index in [1.807, 2.05) is 58.0 Å². The molecule has 4 aromatic rings. The Morgan fingerprint density at radius 3 is 2.39 bits per heavy atom. The first-order valence-corrected chi connectivity index (χ1v) is 15.4. The zero-order valence-electron chi connectivity index (χ0n) is 24.2. The monoisotopic (exact) mass is 608 g/mol. The molecule has 2 aromatic carbocycles. The number of benzene rings is 2. The van der Waals surface area contributed by atoms with E-state index in [4.69, 9.17) is 11.6 Å². The quantitative estimate of drug-likeness (QED) is 0.352. The summed E-state index contributed by atoms with van der Waals surface area (Å²) in [5.74, 6) is 0.177. The van der Waals surface area contributed by atoms with E-state index in [1.54, 1.807) is 36.7 Å². The summed E-state index contributed by atoms with van der Waals surface area (Å²) in [6.07, 6.45) is 4.20. The smallest absolute Gasteiger partial charge is 0.255 e. The second kappa shape index (κ2) is 11.8. The van der Waals surface area contributed by atoms with Crippen molar-refractivity contribution in [1.82, 2.24) is 14.5 Å². The van der Waals surface area contributed by atoms with Gasteiger partial charge in [0.1, 0.15) is 0 Å². The van der Waals surface area contributed by atoms with E-state index < -0.39 is 0 Å². The van der Waals surface area contributed by atoms with Crippen LogP contribution in [0.4, 0.5) is 17.1 Å². The fraction of sp³-hybridized carbons (Fsp3) is 0.294. The molecule has 3 aliphatic rings. The minimum atomic E-state index is -0.263. The van der Waals surface area contributed by atoms with Gasteiger partial charge in [-0.2, -0.15) is 0 Å². The van der Waals surface area contributed by atoms with Crippen molar-refractivity contribution in [1.29, 1.82) is 0 Å². The summed E-state index contributed by atoms with van der Waals surface area (Å²) in [6.45, 7) is 4.65. The largest absolute Gasteiger partial charge is 0.369 e. The third-order valence-electron chi connectivity index (χ3n) is 9.01. The summed E-state index contributed by atoms with van der Waals surface area (Å²) < 4.78 is 1.91. The van der Waals surface area contributed by atoms with Gasteiger partial charge in [0, 0.05) is 87.0 Å². The van der Waals surface area contributed by atoms with Crippen LogP contribution in [0.2, 0.25) is 5.02 Å². The number of halogens is 1. The van der Waals surface area contributed by atoms with Gasteiger partial charge >= 0.3 is 0 Å². The Balaban J connectivity index is 1.15. The highest BCUT2D eigenvalue weighted by Gasteiger charge is 2.35. The SMILES string of the molecule is O=C(Nc1cc(C(=O)N2CCN(c3ccccc3Cl)CC2)ccc1N1CC2CC(C1)c1cccc(=O)n1C2)c1ccncc1. The number of hydrogen-bond donors (Lipinski definition) is 1. The van der Waals surface area contributed by atoms with Crippen LogP contribution in [0.1, 0.15) is 38.7 Å². The molecular weight excluding hydrogens is 576 g/mol. The third-order valence-corrected chi connectivity index (χ3v) is 9.33. The second-order valence-electron chi connectivity index (χ2n) is 11.8. The fourth-order valence-corrected chi connectivity index (χ4v) is 7.13. The van der Waals surface area contributed by atoms with Crippen LogP contribution >= 0.6 is 11.6 Å². The Bertz CT molecular complexity index is 1770. The zero-order chi connectivity index (χ0) is 30.2. The molecule has 2 unspecified atom stereocenters. The Morgan fingerprint density at radius 2 is 1.59 bits per heavy atom. The lowest BCUT2D eigenvalue weighted by Gasteiger charge is -2.44. The highest BCUT2D eigenvalue weighted by atomic mass is 35.5. The topological polar surface area (TPSA) is 90.8 Å². The van der Waals surface area contributed by atoms with Gasteiger partial charge in [0.25, 0.3) is 17.4 Å². The van der Waals surface area contributed by atoms with Crippen molar-refractivity contribution in [2.75, 3.05) is 54.4 Å². The highest BCUT2D eigenvalue weighted by Crippen LogP contribution is 2.39. The normalized spacial score (nSPS) is 19.3. The molecule has 3 aliphatic heterocycles. The number of piperidine rings is 1. The van der Waals surface area contributed by atoms with Gasteiger partial charge < -0.3 is 24.6 Å². The van der Waals surface area contributed by atoms with Gasteiger partial charge in [-0.1, -0.05) is 29.8 Å². The van der Waals surface area contributed by atoms with Crippen molar-refractivity contribution in [2.24, 2.45) is 5.92 Å². The lowest BCUT2D eigenvalue weighted by Crippen LogP contribution is -2.49. The van der Waals surface area contributed by atoms with E-state index in [0.29, 0.717) is 60.5 Å². The molecule has 44 heavy (non-hydrogen) atoms. The number of amides is 2. The predicted octanol–water partition coefficient (Wildman–Crippen LogP) is 4.74. The van der Waals surface area contributed by atoms with Gasteiger partial charge in [0.2, 0.25) is 0 Å². The second-order valence-corrected chi connectivity index (χ2v) is 12.2. The van der Waals surface area contributed by atoms with Crippen LogP contribution in [0.5, 0.6) is 0 Å². The molecule has 9 nitrogen and oxygen atoms in total. The molecule has 0 radical (unpaired) electrons. The molecule has 224 valence electrons. The number of fused-ring (bicyclic) bond motifs is 4. The number of carbonyl (C=O) groups excluding carboxylic acids is 2. The molecule has 10 heteroatoms. The number of piperazine rings is 1. The first-order chi connectivity index (χ1) is 21.4. The van der Waals surface area contributed by atoms with Crippen LogP contribution in [0.3, 0.4) is 0 Å². The maximum absolute atomic E-state index is 13.7. The molecule has 2 atom stereocenters. The number of hydrogen-bond acceptors (Lipinski definition) is 6. The number of nitrogens with zero attached hydrogens (tertiary/aromatic N) is 5. The van der Waals surface area contributed by atoms with Crippen molar-refractivity contribution in [2.45, 2.75) is 18.9 Å². The Hall–Kier alpha value is -4.63. The molecule has 7 rings (SSSR count). The predicted molar refractivity (Wildman–Crippen MR) is 172 cm³/mol. The number of para-hydroxylation sites is 1. The van der Waals surface area contributed by atoms with Gasteiger partial charge in [0.05, 0.1) is 22.1 Å². The summed E-state index contributed by atoms with van der Waals surface area (Å²) in [7, 11) is 0. The molecule has 5 heterocycles. The van der Waals surface area contributed by atoms with E-state index in [9.17, 15) is 14.4 Å². The van der Waals surface area contributed by atoms with Crippen molar-refractivity contribution in [3.8, 4) is 0 Å². The molecule has 2 fully saturated rings.